The number of benzene rings is 1. The van der Waals surface area contributed by atoms with E-state index in [2.05, 4.69) is 14.8 Å². The molecule has 0 aliphatic carbocycles. The fourth-order valence-corrected chi connectivity index (χ4v) is 2.06. The Hall–Kier alpha value is -3.35. The normalized spacial score (nSPS) is 10.5. The predicted molar refractivity (Wildman–Crippen MR) is 90.2 cm³/mol. The Balaban J connectivity index is 2.22. The molecule has 1 aromatic heterocycles. The van der Waals surface area contributed by atoms with Crippen molar-refractivity contribution in [3.63, 3.8) is 0 Å². The van der Waals surface area contributed by atoms with Crippen LogP contribution in [-0.4, -0.2) is 32.1 Å². The average Bonchev–Trinajstić information content (AvgIpc) is 3.03. The van der Waals surface area contributed by atoms with Crippen LogP contribution in [0.25, 0.3) is 6.08 Å². The van der Waals surface area contributed by atoms with Crippen LogP contribution in [0.15, 0.2) is 40.8 Å². The van der Waals surface area contributed by atoms with Gasteiger partial charge in [-0.15, -0.1) is 0 Å². The summed E-state index contributed by atoms with van der Waals surface area (Å²) < 4.78 is 14.6. The Kier molecular flexibility index (Phi) is 5.73. The molecule has 0 fully saturated rings. The third kappa shape index (κ3) is 4.81. The molecule has 130 valence electrons. The van der Waals surface area contributed by atoms with Crippen molar-refractivity contribution in [2.24, 2.45) is 0 Å². The van der Waals surface area contributed by atoms with Crippen molar-refractivity contribution in [3.8, 4) is 0 Å². The molecule has 7 heteroatoms. The van der Waals surface area contributed by atoms with Gasteiger partial charge in [0.15, 0.2) is 0 Å². The lowest BCUT2D eigenvalue weighted by Gasteiger charge is -2.08. The second-order valence-corrected chi connectivity index (χ2v) is 5.05. The van der Waals surface area contributed by atoms with Crippen molar-refractivity contribution in [1.82, 2.24) is 0 Å². The summed E-state index contributed by atoms with van der Waals surface area (Å²) in [5, 5.41) is 2.57. The molecule has 0 unspecified atom stereocenters. The second kappa shape index (κ2) is 7.96. The van der Waals surface area contributed by atoms with Gasteiger partial charge in [0.2, 0.25) is 5.91 Å². The zero-order valence-corrected chi connectivity index (χ0v) is 14.0. The molecule has 1 amide bonds. The molecule has 1 aromatic carbocycles. The van der Waals surface area contributed by atoms with E-state index in [-0.39, 0.29) is 16.8 Å². The molecule has 7 nitrogen and oxygen atoms in total. The second-order valence-electron chi connectivity index (χ2n) is 5.05. The third-order valence-electron chi connectivity index (χ3n) is 3.20. The Morgan fingerprint density at radius 1 is 1.00 bits per heavy atom. The highest BCUT2D eigenvalue weighted by Crippen LogP contribution is 2.17. The first-order chi connectivity index (χ1) is 11.9. The number of aryl methyl sites for hydroxylation is 1. The van der Waals surface area contributed by atoms with Gasteiger partial charge < -0.3 is 19.2 Å². The summed E-state index contributed by atoms with van der Waals surface area (Å²) in [4.78, 5) is 35.5. The molecule has 0 saturated carbocycles. The van der Waals surface area contributed by atoms with Crippen molar-refractivity contribution in [2.75, 3.05) is 19.5 Å². The van der Waals surface area contributed by atoms with Crippen LogP contribution in [0, 0.1) is 6.92 Å². The van der Waals surface area contributed by atoms with Gasteiger partial charge in [0.1, 0.15) is 11.5 Å². The van der Waals surface area contributed by atoms with E-state index >= 15 is 0 Å². The Morgan fingerprint density at radius 2 is 1.60 bits per heavy atom. The van der Waals surface area contributed by atoms with Crippen LogP contribution < -0.4 is 5.32 Å². The van der Waals surface area contributed by atoms with Crippen LogP contribution in [0.3, 0.4) is 0 Å². The van der Waals surface area contributed by atoms with E-state index in [1.54, 1.807) is 19.1 Å². The quantitative estimate of drug-likeness (QED) is 0.662. The topological polar surface area (TPSA) is 94.8 Å². The van der Waals surface area contributed by atoms with Crippen LogP contribution >= 0.6 is 0 Å². The molecule has 0 spiro atoms. The number of hydrogen-bond acceptors (Lipinski definition) is 6. The van der Waals surface area contributed by atoms with Crippen molar-refractivity contribution >= 4 is 29.6 Å². The van der Waals surface area contributed by atoms with Gasteiger partial charge in [0.25, 0.3) is 0 Å². The summed E-state index contributed by atoms with van der Waals surface area (Å²) in [6.07, 6.45) is 2.79. The van der Waals surface area contributed by atoms with Gasteiger partial charge in [-0.3, -0.25) is 4.79 Å². The minimum atomic E-state index is -0.636. The van der Waals surface area contributed by atoms with Gasteiger partial charge in [0, 0.05) is 11.8 Å². The van der Waals surface area contributed by atoms with Crippen molar-refractivity contribution in [1.29, 1.82) is 0 Å². The molecular weight excluding hydrogens is 326 g/mol. The minimum Gasteiger partial charge on any atom is -0.465 e. The zero-order chi connectivity index (χ0) is 18.4. The fraction of sp³-hybridized carbons (Fsp3) is 0.167. The lowest BCUT2D eigenvalue weighted by Crippen LogP contribution is -2.12. The first-order valence-electron chi connectivity index (χ1n) is 7.30. The van der Waals surface area contributed by atoms with Crippen LogP contribution in [0.1, 0.15) is 32.2 Å². The molecule has 1 heterocycles. The van der Waals surface area contributed by atoms with Gasteiger partial charge in [-0.1, -0.05) is 0 Å². The maximum Gasteiger partial charge on any atom is 0.337 e. The van der Waals surface area contributed by atoms with Crippen molar-refractivity contribution in [2.45, 2.75) is 6.92 Å². The largest absolute Gasteiger partial charge is 0.465 e. The molecule has 0 saturated heterocycles. The molecule has 25 heavy (non-hydrogen) atoms. The molecule has 0 radical (unpaired) electrons. The van der Waals surface area contributed by atoms with Gasteiger partial charge >= 0.3 is 11.9 Å². The Labute approximate surface area is 144 Å². The maximum atomic E-state index is 12.0. The highest BCUT2D eigenvalue weighted by atomic mass is 16.5. The summed E-state index contributed by atoms with van der Waals surface area (Å²) in [6.45, 7) is 1.80. The first kappa shape index (κ1) is 18.0. The van der Waals surface area contributed by atoms with E-state index in [0.29, 0.717) is 5.76 Å². The number of hydrogen-bond donors (Lipinski definition) is 1. The third-order valence-corrected chi connectivity index (χ3v) is 3.20. The predicted octanol–water partition coefficient (Wildman–Crippen LogP) is 2.81. The van der Waals surface area contributed by atoms with Crippen LogP contribution in [0.5, 0.6) is 0 Å². The highest BCUT2D eigenvalue weighted by Gasteiger charge is 2.14. The van der Waals surface area contributed by atoms with E-state index in [9.17, 15) is 14.4 Å². The molecule has 0 atom stereocenters. The summed E-state index contributed by atoms with van der Waals surface area (Å²) in [5.74, 6) is -0.461. The molecular formula is C18H17NO6. The number of rotatable bonds is 5. The van der Waals surface area contributed by atoms with Gasteiger partial charge in [-0.05, 0) is 43.3 Å². The average molecular weight is 343 g/mol. The van der Waals surface area contributed by atoms with E-state index in [0.717, 1.165) is 5.76 Å². The van der Waals surface area contributed by atoms with Gasteiger partial charge in [-0.2, -0.15) is 0 Å². The molecule has 0 aliphatic heterocycles. The first-order valence-corrected chi connectivity index (χ1v) is 7.30. The lowest BCUT2D eigenvalue weighted by molar-refractivity contribution is -0.111. The number of anilines is 1. The number of esters is 2. The van der Waals surface area contributed by atoms with Crippen LogP contribution in [0.2, 0.25) is 0 Å². The fourth-order valence-electron chi connectivity index (χ4n) is 2.06. The van der Waals surface area contributed by atoms with E-state index < -0.39 is 17.8 Å². The van der Waals surface area contributed by atoms with Crippen LogP contribution in [0.4, 0.5) is 5.69 Å². The lowest BCUT2D eigenvalue weighted by atomic mass is 10.1. The number of amides is 1. The number of furan rings is 1. The molecule has 0 bridgehead atoms. The standard InChI is InChI=1S/C18H17NO6/c1-11-4-5-15(25-11)6-7-16(20)19-14-9-12(17(21)23-2)8-13(10-14)18(22)24-3/h4-10H,1-3H3,(H,19,20). The van der Waals surface area contributed by atoms with E-state index in [1.165, 1.54) is 44.6 Å². The number of methoxy groups -OCH3 is 2. The SMILES string of the molecule is COC(=O)c1cc(NC(=O)C=Cc2ccc(C)o2)cc(C(=O)OC)c1. The van der Waals surface area contributed by atoms with Gasteiger partial charge in [-0.25, -0.2) is 9.59 Å². The molecule has 0 aliphatic rings. The van der Waals surface area contributed by atoms with Crippen LogP contribution in [-0.2, 0) is 14.3 Å². The highest BCUT2D eigenvalue weighted by molar-refractivity contribution is 6.04. The minimum absolute atomic E-state index is 0.117. The van der Waals surface area contributed by atoms with Crippen molar-refractivity contribution in [3.05, 3.63) is 59.1 Å². The number of carbonyl (C=O) groups excluding carboxylic acids is 3. The monoisotopic (exact) mass is 343 g/mol. The summed E-state index contributed by atoms with van der Waals surface area (Å²) in [7, 11) is 2.44. The molecule has 2 aromatic rings. The molecule has 1 N–H and O–H groups in total. The zero-order valence-electron chi connectivity index (χ0n) is 14.0. The summed E-state index contributed by atoms with van der Waals surface area (Å²) >= 11 is 0. The Bertz CT molecular complexity index is 800. The summed E-state index contributed by atoms with van der Waals surface area (Å²) in [6, 6.07) is 7.64. The summed E-state index contributed by atoms with van der Waals surface area (Å²) in [5.41, 5.74) is 0.492. The number of carbonyl (C=O) groups is 3. The van der Waals surface area contributed by atoms with Gasteiger partial charge in [0.05, 0.1) is 25.3 Å². The Morgan fingerprint density at radius 3 is 2.08 bits per heavy atom. The molecule has 2 rings (SSSR count). The number of nitrogens with one attached hydrogen (secondary N) is 1. The number of ether oxygens (including phenoxy) is 2. The van der Waals surface area contributed by atoms with E-state index in [1.807, 2.05) is 0 Å². The smallest absolute Gasteiger partial charge is 0.337 e. The van der Waals surface area contributed by atoms with Crippen molar-refractivity contribution < 1.29 is 28.3 Å². The maximum absolute atomic E-state index is 12.0. The van der Waals surface area contributed by atoms with E-state index in [4.69, 9.17) is 4.42 Å².